The SMILES string of the molecule is Cc1cc(C(Cl)Cl)n[nH]1. The van der Waals surface area contributed by atoms with E-state index in [9.17, 15) is 0 Å². The number of hydrogen-bond acceptors (Lipinski definition) is 1. The molecule has 0 saturated heterocycles. The van der Waals surface area contributed by atoms with Crippen LogP contribution in [0, 0.1) is 6.92 Å². The first-order valence-corrected chi connectivity index (χ1v) is 3.37. The number of hydrogen-bond donors (Lipinski definition) is 1. The maximum atomic E-state index is 5.50. The Morgan fingerprint density at radius 3 is 2.56 bits per heavy atom. The van der Waals surface area contributed by atoms with Gasteiger partial charge in [0.2, 0.25) is 0 Å². The van der Waals surface area contributed by atoms with Crippen molar-refractivity contribution < 1.29 is 0 Å². The van der Waals surface area contributed by atoms with E-state index in [-0.39, 0.29) is 0 Å². The molecule has 1 aromatic heterocycles. The third-order valence-electron chi connectivity index (χ3n) is 0.949. The Morgan fingerprint density at radius 1 is 1.67 bits per heavy atom. The van der Waals surface area contributed by atoms with E-state index in [1.807, 2.05) is 13.0 Å². The molecule has 0 fully saturated rings. The van der Waals surface area contributed by atoms with Crippen LogP contribution in [0.15, 0.2) is 6.07 Å². The predicted molar refractivity (Wildman–Crippen MR) is 37.8 cm³/mol. The average molecular weight is 165 g/mol. The molecule has 2 nitrogen and oxygen atoms in total. The third-order valence-corrected chi connectivity index (χ3v) is 1.40. The van der Waals surface area contributed by atoms with Gasteiger partial charge in [-0.15, -0.1) is 0 Å². The summed E-state index contributed by atoms with van der Waals surface area (Å²) in [4.78, 5) is -0.519. The maximum absolute atomic E-state index is 5.50. The van der Waals surface area contributed by atoms with Gasteiger partial charge in [-0.1, -0.05) is 23.2 Å². The molecule has 0 aromatic carbocycles. The lowest BCUT2D eigenvalue weighted by Gasteiger charge is -1.88. The number of alkyl halides is 2. The molecule has 0 aliphatic carbocycles. The van der Waals surface area contributed by atoms with Crippen molar-refractivity contribution in [2.45, 2.75) is 11.8 Å². The number of nitrogens with zero attached hydrogens (tertiary/aromatic N) is 1. The van der Waals surface area contributed by atoms with Crippen molar-refractivity contribution in [3.63, 3.8) is 0 Å². The molecule has 0 unspecified atom stereocenters. The van der Waals surface area contributed by atoms with Crippen molar-refractivity contribution in [2.75, 3.05) is 0 Å². The molecule has 4 heteroatoms. The molecular weight excluding hydrogens is 159 g/mol. The number of rotatable bonds is 1. The van der Waals surface area contributed by atoms with Crippen LogP contribution in [-0.4, -0.2) is 10.2 Å². The zero-order chi connectivity index (χ0) is 6.85. The van der Waals surface area contributed by atoms with Crippen LogP contribution in [0.3, 0.4) is 0 Å². The van der Waals surface area contributed by atoms with E-state index >= 15 is 0 Å². The van der Waals surface area contributed by atoms with Gasteiger partial charge in [-0.2, -0.15) is 5.10 Å². The number of aromatic nitrogens is 2. The summed E-state index contributed by atoms with van der Waals surface area (Å²) in [7, 11) is 0. The van der Waals surface area contributed by atoms with E-state index < -0.39 is 4.84 Å². The molecule has 0 bridgehead atoms. The molecule has 1 N–H and O–H groups in total. The van der Waals surface area contributed by atoms with Crippen molar-refractivity contribution in [3.8, 4) is 0 Å². The van der Waals surface area contributed by atoms with E-state index in [4.69, 9.17) is 23.2 Å². The van der Waals surface area contributed by atoms with Gasteiger partial charge in [0.25, 0.3) is 0 Å². The van der Waals surface area contributed by atoms with Crippen molar-refractivity contribution in [1.29, 1.82) is 0 Å². The van der Waals surface area contributed by atoms with Gasteiger partial charge in [-0.3, -0.25) is 5.10 Å². The topological polar surface area (TPSA) is 28.7 Å². The standard InChI is InChI=1S/C5H6Cl2N2/c1-3-2-4(5(6)7)9-8-3/h2,5H,1H3,(H,8,9). The number of H-pyrrole nitrogens is 1. The molecule has 50 valence electrons. The van der Waals surface area contributed by atoms with E-state index in [2.05, 4.69) is 10.2 Å². The van der Waals surface area contributed by atoms with Crippen LogP contribution in [-0.2, 0) is 0 Å². The largest absolute Gasteiger partial charge is 0.282 e. The fourth-order valence-corrected chi connectivity index (χ4v) is 0.774. The summed E-state index contributed by atoms with van der Waals surface area (Å²) in [6, 6.07) is 1.81. The van der Waals surface area contributed by atoms with E-state index in [1.165, 1.54) is 0 Å². The Bertz CT molecular complexity index is 195. The molecule has 0 saturated carbocycles. The highest BCUT2D eigenvalue weighted by Gasteiger charge is 2.05. The molecule has 0 radical (unpaired) electrons. The zero-order valence-electron chi connectivity index (χ0n) is 4.86. The van der Waals surface area contributed by atoms with Gasteiger partial charge in [0.05, 0.1) is 5.69 Å². The molecule has 0 atom stereocenters. The fraction of sp³-hybridized carbons (Fsp3) is 0.400. The average Bonchev–Trinajstić information content (AvgIpc) is 2.14. The zero-order valence-corrected chi connectivity index (χ0v) is 6.37. The lowest BCUT2D eigenvalue weighted by Crippen LogP contribution is -1.78. The summed E-state index contributed by atoms with van der Waals surface area (Å²) in [5.41, 5.74) is 1.65. The second kappa shape index (κ2) is 2.58. The minimum Gasteiger partial charge on any atom is -0.282 e. The number of nitrogens with one attached hydrogen (secondary N) is 1. The van der Waals surface area contributed by atoms with Crippen LogP contribution in [0.5, 0.6) is 0 Å². The van der Waals surface area contributed by atoms with E-state index in [0.29, 0.717) is 5.69 Å². The van der Waals surface area contributed by atoms with Crippen LogP contribution >= 0.6 is 23.2 Å². The molecular formula is C5H6Cl2N2. The second-order valence-corrected chi connectivity index (χ2v) is 2.87. The van der Waals surface area contributed by atoms with Crippen molar-refractivity contribution >= 4 is 23.2 Å². The minimum absolute atomic E-state index is 0.519. The Labute approximate surface area is 63.2 Å². The Morgan fingerprint density at radius 2 is 2.33 bits per heavy atom. The highest BCUT2D eigenvalue weighted by Crippen LogP contribution is 2.22. The highest BCUT2D eigenvalue weighted by molar-refractivity contribution is 6.43. The smallest absolute Gasteiger partial charge is 0.151 e. The normalized spacial score (nSPS) is 10.7. The van der Waals surface area contributed by atoms with Gasteiger partial charge in [0.15, 0.2) is 4.84 Å². The summed E-state index contributed by atoms with van der Waals surface area (Å²) in [6.45, 7) is 1.90. The third kappa shape index (κ3) is 1.60. The summed E-state index contributed by atoms with van der Waals surface area (Å²) in [5, 5.41) is 6.56. The van der Waals surface area contributed by atoms with Crippen molar-refractivity contribution in [1.82, 2.24) is 10.2 Å². The molecule has 1 aromatic rings. The Balaban J connectivity index is 2.85. The van der Waals surface area contributed by atoms with Crippen molar-refractivity contribution in [3.05, 3.63) is 17.5 Å². The molecule has 1 rings (SSSR count). The van der Waals surface area contributed by atoms with Crippen LogP contribution in [0.4, 0.5) is 0 Å². The minimum atomic E-state index is -0.519. The number of halogens is 2. The summed E-state index contributed by atoms with van der Waals surface area (Å²) in [6.07, 6.45) is 0. The van der Waals surface area contributed by atoms with Gasteiger partial charge < -0.3 is 0 Å². The predicted octanol–water partition coefficient (Wildman–Crippen LogP) is 2.19. The van der Waals surface area contributed by atoms with Crippen LogP contribution in [0.25, 0.3) is 0 Å². The van der Waals surface area contributed by atoms with E-state index in [0.717, 1.165) is 5.69 Å². The Kier molecular flexibility index (Phi) is 1.98. The summed E-state index contributed by atoms with van der Waals surface area (Å²) >= 11 is 11.0. The van der Waals surface area contributed by atoms with Gasteiger partial charge in [-0.05, 0) is 13.0 Å². The quantitative estimate of drug-likeness (QED) is 0.634. The van der Waals surface area contributed by atoms with E-state index in [1.54, 1.807) is 0 Å². The molecule has 0 aliphatic rings. The van der Waals surface area contributed by atoms with Crippen LogP contribution in [0.1, 0.15) is 16.2 Å². The number of aryl methyl sites for hydroxylation is 1. The monoisotopic (exact) mass is 164 g/mol. The number of aromatic amines is 1. The van der Waals surface area contributed by atoms with Crippen LogP contribution in [0.2, 0.25) is 0 Å². The highest BCUT2D eigenvalue weighted by atomic mass is 35.5. The second-order valence-electron chi connectivity index (χ2n) is 1.78. The fourth-order valence-electron chi connectivity index (χ4n) is 0.551. The first-order chi connectivity index (χ1) is 4.20. The van der Waals surface area contributed by atoms with Gasteiger partial charge in [0.1, 0.15) is 0 Å². The van der Waals surface area contributed by atoms with Gasteiger partial charge >= 0.3 is 0 Å². The molecule has 0 aliphatic heterocycles. The molecule has 0 spiro atoms. The maximum Gasteiger partial charge on any atom is 0.151 e. The summed E-state index contributed by atoms with van der Waals surface area (Å²) in [5.74, 6) is 0. The first kappa shape index (κ1) is 6.90. The Hall–Kier alpha value is -0.210. The molecule has 1 heterocycles. The molecule has 9 heavy (non-hydrogen) atoms. The van der Waals surface area contributed by atoms with Gasteiger partial charge in [0, 0.05) is 5.69 Å². The molecule has 0 amide bonds. The van der Waals surface area contributed by atoms with Crippen molar-refractivity contribution in [2.24, 2.45) is 0 Å². The summed E-state index contributed by atoms with van der Waals surface area (Å²) < 4.78 is 0. The van der Waals surface area contributed by atoms with Crippen LogP contribution < -0.4 is 0 Å². The lowest BCUT2D eigenvalue weighted by molar-refractivity contribution is 1.00. The van der Waals surface area contributed by atoms with Gasteiger partial charge in [-0.25, -0.2) is 0 Å². The first-order valence-electron chi connectivity index (χ1n) is 2.50. The lowest BCUT2D eigenvalue weighted by atomic mass is 10.4.